The lowest BCUT2D eigenvalue weighted by Gasteiger charge is -2.16. The average molecular weight is 438 g/mol. The number of ether oxygens (including phenoxy) is 2. The van der Waals surface area contributed by atoms with Gasteiger partial charge >= 0.3 is 0 Å². The molecule has 0 aliphatic carbocycles. The largest absolute Gasteiger partial charge is 0.490 e. The van der Waals surface area contributed by atoms with Crippen molar-refractivity contribution in [2.45, 2.75) is 22.8 Å². The van der Waals surface area contributed by atoms with E-state index >= 15 is 0 Å². The maximum atomic E-state index is 11.6. The van der Waals surface area contributed by atoms with Crippen LogP contribution >= 0.6 is 0 Å². The van der Waals surface area contributed by atoms with Crippen LogP contribution in [-0.4, -0.2) is 29.5 Å². The van der Waals surface area contributed by atoms with Gasteiger partial charge in [-0.25, -0.2) is 16.8 Å². The van der Waals surface area contributed by atoms with E-state index < -0.39 is 26.2 Å². The summed E-state index contributed by atoms with van der Waals surface area (Å²) in [6, 6.07) is 10.6. The van der Waals surface area contributed by atoms with Gasteiger partial charge in [0.15, 0.2) is 0 Å². The van der Waals surface area contributed by atoms with Crippen LogP contribution in [0.1, 0.15) is 6.92 Å². The average Bonchev–Trinajstić information content (AvgIpc) is 2.67. The van der Waals surface area contributed by atoms with E-state index in [9.17, 15) is 16.8 Å². The molecule has 0 spiro atoms. The van der Waals surface area contributed by atoms with Gasteiger partial charge < -0.3 is 9.47 Å². The molecule has 0 saturated carbocycles. The minimum atomic E-state index is -4.06. The van der Waals surface area contributed by atoms with Gasteiger partial charge in [-0.05, 0) is 66.5 Å². The molecule has 0 N–H and O–H groups in total. The summed E-state index contributed by atoms with van der Waals surface area (Å²) < 4.78 is 63.0. The molecule has 12 nitrogen and oxygen atoms in total. The van der Waals surface area contributed by atoms with Gasteiger partial charge in [0, 0.05) is 18.9 Å². The van der Waals surface area contributed by atoms with Crippen LogP contribution in [0.4, 0.5) is 0 Å². The molecular weight excluding hydrogens is 424 g/mol. The number of rotatable bonds is 9. The Morgan fingerprint density at radius 1 is 0.828 bits per heavy atom. The topological polar surface area (TPSA) is 184 Å². The zero-order chi connectivity index (χ0) is 21.5. The highest BCUT2D eigenvalue weighted by Crippen LogP contribution is 2.20. The van der Waals surface area contributed by atoms with Crippen molar-refractivity contribution >= 4 is 20.0 Å². The van der Waals surface area contributed by atoms with E-state index in [2.05, 4.69) is 18.9 Å². The maximum absolute atomic E-state index is 11.6. The zero-order valence-corrected chi connectivity index (χ0v) is 16.5. The molecule has 29 heavy (non-hydrogen) atoms. The fourth-order valence-corrected chi connectivity index (χ4v) is 3.41. The summed E-state index contributed by atoms with van der Waals surface area (Å²) in [5.41, 5.74) is 16.5. The Balaban J connectivity index is 1.95. The lowest BCUT2D eigenvalue weighted by atomic mass is 10.3. The molecule has 0 aromatic heterocycles. The first-order valence-electron chi connectivity index (χ1n) is 7.80. The second kappa shape index (κ2) is 9.17. The Morgan fingerprint density at radius 2 is 1.24 bits per heavy atom. The number of hydrogen-bond donors (Lipinski definition) is 0. The number of nitrogens with zero attached hydrogens (tertiary/aromatic N) is 6. The van der Waals surface area contributed by atoms with Crippen molar-refractivity contribution in [1.82, 2.24) is 0 Å². The van der Waals surface area contributed by atoms with Gasteiger partial charge in [-0.1, -0.05) is 0 Å². The van der Waals surface area contributed by atoms with Crippen molar-refractivity contribution in [2.24, 2.45) is 9.04 Å². The van der Waals surface area contributed by atoms with Crippen LogP contribution in [0.5, 0.6) is 11.5 Å². The molecule has 152 valence electrons. The molecule has 0 radical (unpaired) electrons. The molecule has 1 unspecified atom stereocenters. The van der Waals surface area contributed by atoms with Gasteiger partial charge in [0.05, 0.1) is 9.79 Å². The Bertz CT molecular complexity index is 1170. The summed E-state index contributed by atoms with van der Waals surface area (Å²) in [5.74, 6) is 0.743. The minimum Gasteiger partial charge on any atom is -0.490 e. The van der Waals surface area contributed by atoms with Crippen molar-refractivity contribution in [2.75, 3.05) is 6.61 Å². The van der Waals surface area contributed by atoms with Crippen LogP contribution in [0, 0.1) is 0 Å². The SMILES string of the molecule is CC(COc1ccc(S(=O)(=O)N=[N+]=[N-])cc1)Oc1ccc(S(=O)(=O)N=[N+]=[N-])cc1. The molecular formula is C15H14N6O6S2. The van der Waals surface area contributed by atoms with Crippen molar-refractivity contribution in [3.8, 4) is 11.5 Å². The van der Waals surface area contributed by atoms with Crippen molar-refractivity contribution < 1.29 is 26.3 Å². The molecule has 0 aliphatic rings. The fraction of sp³-hybridized carbons (Fsp3) is 0.200. The Morgan fingerprint density at radius 3 is 1.66 bits per heavy atom. The van der Waals surface area contributed by atoms with Crippen LogP contribution in [0.25, 0.3) is 20.9 Å². The second-order valence-electron chi connectivity index (χ2n) is 5.47. The van der Waals surface area contributed by atoms with Crippen molar-refractivity contribution in [1.29, 1.82) is 0 Å². The summed E-state index contributed by atoms with van der Waals surface area (Å²) in [6.45, 7) is 1.83. The van der Waals surface area contributed by atoms with Gasteiger partial charge in [0.1, 0.15) is 24.2 Å². The molecule has 0 bridgehead atoms. The maximum Gasteiger partial charge on any atom is 0.264 e. The highest BCUT2D eigenvalue weighted by molar-refractivity contribution is 7.90. The predicted octanol–water partition coefficient (Wildman–Crippen LogP) is 3.53. The third kappa shape index (κ3) is 6.02. The number of benzene rings is 2. The third-order valence-corrected chi connectivity index (χ3v) is 5.66. The zero-order valence-electron chi connectivity index (χ0n) is 14.9. The van der Waals surface area contributed by atoms with Crippen molar-refractivity contribution in [3.63, 3.8) is 0 Å². The van der Waals surface area contributed by atoms with E-state index in [0.717, 1.165) is 0 Å². The summed E-state index contributed by atoms with van der Waals surface area (Å²) in [6.07, 6.45) is -0.429. The minimum absolute atomic E-state index is 0.112. The van der Waals surface area contributed by atoms with E-state index in [0.29, 0.717) is 11.5 Å². The lowest BCUT2D eigenvalue weighted by Crippen LogP contribution is -2.21. The standard InChI is InChI=1S/C15H14N6O6S2/c1-11(27-13-4-8-15(9-5-13)29(24,25)21-19-17)10-26-12-2-6-14(7-3-12)28(22,23)20-18-16/h2-9,11H,10H2,1H3. The highest BCUT2D eigenvalue weighted by atomic mass is 32.2. The quantitative estimate of drug-likeness (QED) is 0.327. The summed E-state index contributed by atoms with van der Waals surface area (Å²) >= 11 is 0. The van der Waals surface area contributed by atoms with Crippen LogP contribution in [0.2, 0.25) is 0 Å². The van der Waals surface area contributed by atoms with Crippen LogP contribution in [-0.2, 0) is 20.0 Å². The molecule has 2 aromatic carbocycles. The van der Waals surface area contributed by atoms with E-state index in [-0.39, 0.29) is 16.4 Å². The molecule has 14 heteroatoms. The van der Waals surface area contributed by atoms with Gasteiger partial charge in [-0.15, -0.1) is 0 Å². The van der Waals surface area contributed by atoms with E-state index in [1.54, 1.807) is 6.92 Å². The number of azide groups is 2. The number of hydrogen-bond acceptors (Lipinski definition) is 6. The molecule has 1 atom stereocenters. The monoisotopic (exact) mass is 438 g/mol. The molecule has 2 rings (SSSR count). The molecule has 0 amide bonds. The number of sulfonamides is 2. The Kier molecular flexibility index (Phi) is 6.91. The van der Waals surface area contributed by atoms with Gasteiger partial charge in [0.25, 0.3) is 20.0 Å². The normalized spacial score (nSPS) is 12.2. The first kappa shape index (κ1) is 21.9. The van der Waals surface area contributed by atoms with Gasteiger partial charge in [-0.2, -0.15) is 0 Å². The summed E-state index contributed by atoms with van der Waals surface area (Å²) in [7, 11) is -8.12. The third-order valence-electron chi connectivity index (χ3n) is 3.35. The summed E-state index contributed by atoms with van der Waals surface area (Å²) in [5, 5.41) is 0. The van der Waals surface area contributed by atoms with Crippen LogP contribution < -0.4 is 9.47 Å². The lowest BCUT2D eigenvalue weighted by molar-refractivity contribution is 0.143. The highest BCUT2D eigenvalue weighted by Gasteiger charge is 2.14. The van der Waals surface area contributed by atoms with Gasteiger partial charge in [-0.3, -0.25) is 0 Å². The smallest absolute Gasteiger partial charge is 0.264 e. The van der Waals surface area contributed by atoms with Crippen molar-refractivity contribution in [3.05, 3.63) is 69.4 Å². The van der Waals surface area contributed by atoms with E-state index in [1.165, 1.54) is 48.5 Å². The van der Waals surface area contributed by atoms with E-state index in [1.807, 2.05) is 0 Å². The molecule has 0 saturated heterocycles. The molecule has 0 aliphatic heterocycles. The molecule has 0 fully saturated rings. The predicted molar refractivity (Wildman–Crippen MR) is 101 cm³/mol. The first-order chi connectivity index (χ1) is 13.7. The fourth-order valence-electron chi connectivity index (χ4n) is 2.07. The second-order valence-corrected chi connectivity index (χ2v) is 8.64. The molecule has 2 aromatic rings. The Hall–Kier alpha value is -3.44. The first-order valence-corrected chi connectivity index (χ1v) is 10.7. The van der Waals surface area contributed by atoms with E-state index in [4.69, 9.17) is 20.5 Å². The van der Waals surface area contributed by atoms with Crippen LogP contribution in [0.15, 0.2) is 67.4 Å². The van der Waals surface area contributed by atoms with Gasteiger partial charge in [0.2, 0.25) is 0 Å². The summed E-state index contributed by atoms with van der Waals surface area (Å²) in [4.78, 5) is 4.21. The van der Waals surface area contributed by atoms with Crippen LogP contribution in [0.3, 0.4) is 0 Å². The molecule has 0 heterocycles. The Labute approximate surface area is 166 Å².